The lowest BCUT2D eigenvalue weighted by Crippen LogP contribution is -2.33. The normalized spacial score (nSPS) is 17.0. The van der Waals surface area contributed by atoms with Crippen molar-refractivity contribution in [2.45, 2.75) is 26.7 Å². The zero-order valence-corrected chi connectivity index (χ0v) is 16.0. The Morgan fingerprint density at radius 3 is 2.76 bits per heavy atom. The Bertz CT molecular complexity index is 819. The van der Waals surface area contributed by atoms with Gasteiger partial charge in [0.1, 0.15) is 5.92 Å². The Labute approximate surface area is 156 Å². The highest BCUT2D eigenvalue weighted by Gasteiger charge is 2.37. The Morgan fingerprint density at radius 1 is 1.28 bits per heavy atom. The maximum absolute atomic E-state index is 12.7. The molecule has 1 N–H and O–H groups in total. The monoisotopic (exact) mass is 400 g/mol. The predicted molar refractivity (Wildman–Crippen MR) is 104 cm³/mol. The number of rotatable bonds is 4. The molecule has 0 aliphatic carbocycles. The minimum atomic E-state index is -0.636. The van der Waals surface area contributed by atoms with Crippen molar-refractivity contribution < 1.29 is 9.59 Å². The summed E-state index contributed by atoms with van der Waals surface area (Å²) in [6, 6.07) is 13.6. The molecule has 25 heavy (non-hydrogen) atoms. The zero-order chi connectivity index (χ0) is 18.0. The Hall–Kier alpha value is -2.14. The predicted octanol–water partition coefficient (Wildman–Crippen LogP) is 4.31. The molecule has 1 heterocycles. The summed E-state index contributed by atoms with van der Waals surface area (Å²) in [5.74, 6) is -0.989. The van der Waals surface area contributed by atoms with E-state index < -0.39 is 5.92 Å². The number of nitrogens with one attached hydrogen (secondary N) is 1. The van der Waals surface area contributed by atoms with Gasteiger partial charge in [-0.15, -0.1) is 0 Å². The lowest BCUT2D eigenvalue weighted by molar-refractivity contribution is -0.129. The van der Waals surface area contributed by atoms with Gasteiger partial charge in [-0.05, 0) is 49.1 Å². The summed E-state index contributed by atoms with van der Waals surface area (Å²) in [5.41, 5.74) is 3.76. The van der Waals surface area contributed by atoms with Crippen LogP contribution in [0.2, 0.25) is 0 Å². The second-order valence-electron chi connectivity index (χ2n) is 6.26. The standard InChI is InChI=1S/C20H21BrN2O2/c1-3-14-7-4-6-13(2)18(14)22-19(24)17-10-11-23(20(17)25)16-9-5-8-15(21)12-16/h4-9,12,17H,3,10-11H2,1-2H3,(H,22,24). The second-order valence-corrected chi connectivity index (χ2v) is 7.18. The Balaban J connectivity index is 1.77. The average Bonchev–Trinajstić information content (AvgIpc) is 2.98. The Morgan fingerprint density at radius 2 is 2.04 bits per heavy atom. The largest absolute Gasteiger partial charge is 0.325 e. The number of carbonyl (C=O) groups excluding carboxylic acids is 2. The molecule has 2 aromatic rings. The van der Waals surface area contributed by atoms with E-state index >= 15 is 0 Å². The van der Waals surface area contributed by atoms with Crippen molar-refractivity contribution in [1.29, 1.82) is 0 Å². The highest BCUT2D eigenvalue weighted by atomic mass is 79.9. The van der Waals surface area contributed by atoms with Gasteiger partial charge in [-0.3, -0.25) is 9.59 Å². The van der Waals surface area contributed by atoms with E-state index in [9.17, 15) is 9.59 Å². The van der Waals surface area contributed by atoms with Crippen molar-refractivity contribution >= 4 is 39.1 Å². The van der Waals surface area contributed by atoms with Gasteiger partial charge in [0.25, 0.3) is 0 Å². The number of aryl methyl sites for hydroxylation is 2. The summed E-state index contributed by atoms with van der Waals surface area (Å²) in [6.07, 6.45) is 1.37. The molecule has 1 fully saturated rings. The summed E-state index contributed by atoms with van der Waals surface area (Å²) in [7, 11) is 0. The summed E-state index contributed by atoms with van der Waals surface area (Å²) in [4.78, 5) is 27.1. The van der Waals surface area contributed by atoms with E-state index in [0.717, 1.165) is 33.4 Å². The number of carbonyl (C=O) groups is 2. The Kier molecular flexibility index (Phi) is 5.23. The fourth-order valence-electron chi connectivity index (χ4n) is 3.24. The summed E-state index contributed by atoms with van der Waals surface area (Å²) in [6.45, 7) is 4.58. The first-order valence-corrected chi connectivity index (χ1v) is 9.27. The van der Waals surface area contributed by atoms with Crippen molar-refractivity contribution in [3.8, 4) is 0 Å². The summed E-state index contributed by atoms with van der Waals surface area (Å²) < 4.78 is 0.915. The molecule has 4 nitrogen and oxygen atoms in total. The molecule has 0 aromatic heterocycles. The van der Waals surface area contributed by atoms with Crippen molar-refractivity contribution in [3.05, 3.63) is 58.1 Å². The quantitative estimate of drug-likeness (QED) is 0.777. The maximum atomic E-state index is 12.7. The van der Waals surface area contributed by atoms with Gasteiger partial charge in [0, 0.05) is 22.4 Å². The van der Waals surface area contributed by atoms with Crippen LogP contribution in [0.25, 0.3) is 0 Å². The first-order valence-electron chi connectivity index (χ1n) is 8.47. The maximum Gasteiger partial charge on any atom is 0.239 e. The third-order valence-electron chi connectivity index (χ3n) is 4.63. The van der Waals surface area contributed by atoms with Gasteiger partial charge >= 0.3 is 0 Å². The number of anilines is 2. The lowest BCUT2D eigenvalue weighted by Gasteiger charge is -2.18. The second kappa shape index (κ2) is 7.40. The zero-order valence-electron chi connectivity index (χ0n) is 14.4. The van der Waals surface area contributed by atoms with Crippen LogP contribution in [-0.2, 0) is 16.0 Å². The molecule has 130 valence electrons. The molecule has 0 bridgehead atoms. The molecular formula is C20H21BrN2O2. The van der Waals surface area contributed by atoms with Gasteiger partial charge in [0.15, 0.2) is 0 Å². The molecule has 0 radical (unpaired) electrons. The average molecular weight is 401 g/mol. The molecule has 1 aliphatic heterocycles. The molecular weight excluding hydrogens is 380 g/mol. The SMILES string of the molecule is CCc1cccc(C)c1NC(=O)C1CCN(c2cccc(Br)c2)C1=O. The molecule has 1 unspecified atom stereocenters. The van der Waals surface area contributed by atoms with Crippen LogP contribution in [0.1, 0.15) is 24.5 Å². The highest BCUT2D eigenvalue weighted by molar-refractivity contribution is 9.10. The van der Waals surface area contributed by atoms with Gasteiger partial charge in [-0.25, -0.2) is 0 Å². The molecule has 2 amide bonds. The van der Waals surface area contributed by atoms with Gasteiger partial charge in [0.05, 0.1) is 0 Å². The van der Waals surface area contributed by atoms with Crippen LogP contribution in [0.4, 0.5) is 11.4 Å². The van der Waals surface area contributed by atoms with Crippen LogP contribution in [0.5, 0.6) is 0 Å². The number of hydrogen-bond acceptors (Lipinski definition) is 2. The number of para-hydroxylation sites is 1. The van der Waals surface area contributed by atoms with E-state index in [2.05, 4.69) is 28.2 Å². The van der Waals surface area contributed by atoms with E-state index in [-0.39, 0.29) is 11.8 Å². The van der Waals surface area contributed by atoms with E-state index in [4.69, 9.17) is 0 Å². The van der Waals surface area contributed by atoms with Gasteiger partial charge < -0.3 is 10.2 Å². The van der Waals surface area contributed by atoms with E-state index in [1.54, 1.807) is 4.90 Å². The van der Waals surface area contributed by atoms with Crippen LogP contribution in [0.15, 0.2) is 46.9 Å². The lowest BCUT2D eigenvalue weighted by atomic mass is 10.0. The highest BCUT2D eigenvalue weighted by Crippen LogP contribution is 2.29. The van der Waals surface area contributed by atoms with Crippen molar-refractivity contribution in [2.24, 2.45) is 5.92 Å². The fourth-order valence-corrected chi connectivity index (χ4v) is 3.62. The van der Waals surface area contributed by atoms with Crippen LogP contribution in [-0.4, -0.2) is 18.4 Å². The molecule has 0 saturated carbocycles. The van der Waals surface area contributed by atoms with Gasteiger partial charge in [-0.1, -0.05) is 47.1 Å². The van der Waals surface area contributed by atoms with E-state index in [1.807, 2.05) is 49.4 Å². The molecule has 0 spiro atoms. The van der Waals surface area contributed by atoms with Crippen molar-refractivity contribution in [1.82, 2.24) is 0 Å². The minimum Gasteiger partial charge on any atom is -0.325 e. The summed E-state index contributed by atoms with van der Waals surface area (Å²) in [5, 5.41) is 2.99. The van der Waals surface area contributed by atoms with Gasteiger partial charge in [0.2, 0.25) is 11.8 Å². The number of hydrogen-bond donors (Lipinski definition) is 1. The minimum absolute atomic E-state index is 0.137. The molecule has 3 rings (SSSR count). The third kappa shape index (κ3) is 3.61. The van der Waals surface area contributed by atoms with Crippen LogP contribution in [0.3, 0.4) is 0 Å². The molecule has 2 aromatic carbocycles. The third-order valence-corrected chi connectivity index (χ3v) is 5.12. The fraction of sp³-hybridized carbons (Fsp3) is 0.300. The number of amides is 2. The van der Waals surface area contributed by atoms with Crippen LogP contribution >= 0.6 is 15.9 Å². The topological polar surface area (TPSA) is 49.4 Å². The molecule has 1 atom stereocenters. The smallest absolute Gasteiger partial charge is 0.239 e. The number of benzene rings is 2. The van der Waals surface area contributed by atoms with Crippen molar-refractivity contribution in [2.75, 3.05) is 16.8 Å². The molecule has 1 aliphatic rings. The van der Waals surface area contributed by atoms with Gasteiger partial charge in [-0.2, -0.15) is 0 Å². The molecule has 1 saturated heterocycles. The van der Waals surface area contributed by atoms with Crippen molar-refractivity contribution in [3.63, 3.8) is 0 Å². The van der Waals surface area contributed by atoms with E-state index in [0.29, 0.717) is 13.0 Å². The van der Waals surface area contributed by atoms with E-state index in [1.165, 1.54) is 0 Å². The first kappa shape index (κ1) is 17.7. The summed E-state index contributed by atoms with van der Waals surface area (Å²) >= 11 is 3.42. The molecule has 5 heteroatoms. The number of halogens is 1. The first-order chi connectivity index (χ1) is 12.0. The number of nitrogens with zero attached hydrogens (tertiary/aromatic N) is 1. The van der Waals surface area contributed by atoms with Crippen LogP contribution < -0.4 is 10.2 Å². The van der Waals surface area contributed by atoms with Crippen LogP contribution in [0, 0.1) is 12.8 Å².